The topological polar surface area (TPSA) is 75.3 Å². The van der Waals surface area contributed by atoms with Crippen LogP contribution in [0.5, 0.6) is 0 Å². The molecule has 0 fully saturated rings. The van der Waals surface area contributed by atoms with Crippen molar-refractivity contribution in [1.29, 1.82) is 0 Å². The molecule has 1 amide bonds. The van der Waals surface area contributed by atoms with Crippen molar-refractivity contribution in [2.24, 2.45) is 0 Å². The van der Waals surface area contributed by atoms with Crippen molar-refractivity contribution in [3.8, 4) is 0 Å². The first-order valence-corrected chi connectivity index (χ1v) is 9.55. The lowest BCUT2D eigenvalue weighted by atomic mass is 10.1. The first-order chi connectivity index (χ1) is 10.9. The molecule has 1 aromatic heterocycles. The van der Waals surface area contributed by atoms with Crippen LogP contribution in [0.15, 0.2) is 40.6 Å². The van der Waals surface area contributed by atoms with Gasteiger partial charge < -0.3 is 5.32 Å². The summed E-state index contributed by atoms with van der Waals surface area (Å²) in [7, 11) is -2.03. The number of nitrogens with one attached hydrogen (secondary N) is 2. The average molecular weight is 352 g/mol. The van der Waals surface area contributed by atoms with E-state index in [2.05, 4.69) is 16.1 Å². The second-order valence-electron chi connectivity index (χ2n) is 5.19. The first-order valence-electron chi connectivity index (χ1n) is 7.25. The van der Waals surface area contributed by atoms with Crippen LogP contribution in [-0.2, 0) is 27.8 Å². The number of thiophene rings is 1. The van der Waals surface area contributed by atoms with Crippen molar-refractivity contribution in [2.45, 2.75) is 30.5 Å². The minimum Gasteiger partial charge on any atom is -0.351 e. The summed E-state index contributed by atoms with van der Waals surface area (Å²) in [5.41, 5.74) is 2.32. The number of amides is 1. The van der Waals surface area contributed by atoms with Gasteiger partial charge in [-0.25, -0.2) is 13.1 Å². The van der Waals surface area contributed by atoms with Gasteiger partial charge in [0.1, 0.15) is 4.21 Å². The molecule has 0 aliphatic rings. The number of aryl methyl sites for hydroxylation is 2. The van der Waals surface area contributed by atoms with E-state index in [-0.39, 0.29) is 10.1 Å². The first kappa shape index (κ1) is 17.7. The summed E-state index contributed by atoms with van der Waals surface area (Å²) in [5.74, 6) is -0.0436. The fourth-order valence-electron chi connectivity index (χ4n) is 2.10. The molecule has 0 radical (unpaired) electrons. The van der Waals surface area contributed by atoms with Crippen LogP contribution in [0.3, 0.4) is 0 Å². The van der Waals surface area contributed by atoms with Gasteiger partial charge in [0.05, 0.1) is 6.54 Å². The summed E-state index contributed by atoms with van der Waals surface area (Å²) in [6.45, 7) is 2.37. The van der Waals surface area contributed by atoms with Gasteiger partial charge >= 0.3 is 0 Å². The second-order valence-corrected chi connectivity index (χ2v) is 8.48. The Morgan fingerprint density at radius 2 is 2.00 bits per heavy atom. The van der Waals surface area contributed by atoms with Gasteiger partial charge in [0, 0.05) is 11.3 Å². The predicted octanol–water partition coefficient (Wildman–Crippen LogP) is 2.21. The number of carbonyl (C=O) groups is 1. The highest BCUT2D eigenvalue weighted by atomic mass is 32.2. The Balaban J connectivity index is 1.83. The molecule has 124 valence electrons. The monoisotopic (exact) mass is 352 g/mol. The highest BCUT2D eigenvalue weighted by Crippen LogP contribution is 2.21. The van der Waals surface area contributed by atoms with E-state index in [1.165, 1.54) is 12.6 Å². The molecule has 0 saturated heterocycles. The molecule has 2 rings (SSSR count). The number of carbonyl (C=O) groups excluding carboxylic acids is 1. The zero-order chi connectivity index (χ0) is 16.9. The van der Waals surface area contributed by atoms with E-state index in [1.807, 2.05) is 25.1 Å². The number of benzene rings is 1. The van der Waals surface area contributed by atoms with Crippen molar-refractivity contribution >= 4 is 27.3 Å². The molecule has 5 nitrogen and oxygen atoms in total. The summed E-state index contributed by atoms with van der Waals surface area (Å²) in [5, 5.41) is 2.82. The zero-order valence-electron chi connectivity index (χ0n) is 13.1. The Bertz CT molecular complexity index is 782. The summed E-state index contributed by atoms with van der Waals surface area (Å²) < 4.78 is 25.8. The van der Waals surface area contributed by atoms with Crippen molar-refractivity contribution < 1.29 is 13.2 Å². The third-order valence-corrected chi connectivity index (χ3v) is 6.34. The molecule has 2 aromatic rings. The maximum Gasteiger partial charge on any atom is 0.249 e. The Morgan fingerprint density at radius 1 is 1.22 bits per heavy atom. The van der Waals surface area contributed by atoms with Crippen molar-refractivity contribution in [3.05, 3.63) is 52.4 Å². The smallest absolute Gasteiger partial charge is 0.249 e. The highest BCUT2D eigenvalue weighted by Gasteiger charge is 2.14. The SMILES string of the molecule is CNS(=O)(=O)c1ccc(CNC(=O)CCc2cccc(C)c2)s1. The normalized spacial score (nSPS) is 11.4. The van der Waals surface area contributed by atoms with E-state index in [4.69, 9.17) is 0 Å². The molecule has 7 heteroatoms. The van der Waals surface area contributed by atoms with Crippen LogP contribution >= 0.6 is 11.3 Å². The Kier molecular flexibility index (Phi) is 5.92. The van der Waals surface area contributed by atoms with Crippen LogP contribution in [0.4, 0.5) is 0 Å². The third-order valence-electron chi connectivity index (χ3n) is 3.35. The van der Waals surface area contributed by atoms with Gasteiger partial charge in [-0.15, -0.1) is 11.3 Å². The number of rotatable bonds is 7. The Morgan fingerprint density at radius 3 is 2.70 bits per heavy atom. The molecule has 0 spiro atoms. The molecule has 0 unspecified atom stereocenters. The van der Waals surface area contributed by atoms with Crippen LogP contribution < -0.4 is 10.0 Å². The fraction of sp³-hybridized carbons (Fsp3) is 0.312. The fourth-order valence-corrected chi connectivity index (χ4v) is 4.23. The molecule has 1 aromatic carbocycles. The maximum atomic E-state index is 11.9. The van der Waals surface area contributed by atoms with Crippen LogP contribution in [0.25, 0.3) is 0 Å². The summed E-state index contributed by atoms with van der Waals surface area (Å²) >= 11 is 1.16. The maximum absolute atomic E-state index is 11.9. The molecule has 0 aliphatic carbocycles. The van der Waals surface area contributed by atoms with Crippen molar-refractivity contribution in [1.82, 2.24) is 10.0 Å². The molecule has 0 aliphatic heterocycles. The number of sulfonamides is 1. The van der Waals surface area contributed by atoms with E-state index in [0.29, 0.717) is 19.4 Å². The van der Waals surface area contributed by atoms with Gasteiger partial charge in [0.15, 0.2) is 0 Å². The Hall–Kier alpha value is -1.70. The van der Waals surface area contributed by atoms with Crippen LogP contribution in [-0.4, -0.2) is 21.4 Å². The van der Waals surface area contributed by atoms with Crippen molar-refractivity contribution in [2.75, 3.05) is 7.05 Å². The van der Waals surface area contributed by atoms with Gasteiger partial charge in [-0.1, -0.05) is 29.8 Å². The van der Waals surface area contributed by atoms with Crippen LogP contribution in [0.1, 0.15) is 22.4 Å². The Labute approximate surface area is 140 Å². The molecule has 2 N–H and O–H groups in total. The second kappa shape index (κ2) is 7.72. The minimum absolute atomic E-state index is 0.0436. The summed E-state index contributed by atoms with van der Waals surface area (Å²) in [6.07, 6.45) is 1.10. The summed E-state index contributed by atoms with van der Waals surface area (Å²) in [4.78, 5) is 12.7. The van der Waals surface area contributed by atoms with Gasteiger partial charge in [0.2, 0.25) is 15.9 Å². The van der Waals surface area contributed by atoms with Crippen LogP contribution in [0, 0.1) is 6.92 Å². The van der Waals surface area contributed by atoms with Gasteiger partial charge in [0.25, 0.3) is 0 Å². The highest BCUT2D eigenvalue weighted by molar-refractivity contribution is 7.91. The van der Waals surface area contributed by atoms with E-state index >= 15 is 0 Å². The predicted molar refractivity (Wildman–Crippen MR) is 91.9 cm³/mol. The summed E-state index contributed by atoms with van der Waals surface area (Å²) in [6, 6.07) is 11.4. The van der Waals surface area contributed by atoms with Crippen molar-refractivity contribution in [3.63, 3.8) is 0 Å². The number of hydrogen-bond acceptors (Lipinski definition) is 4. The third kappa shape index (κ3) is 5.16. The minimum atomic E-state index is -3.41. The van der Waals surface area contributed by atoms with E-state index < -0.39 is 10.0 Å². The van der Waals surface area contributed by atoms with E-state index in [0.717, 1.165) is 21.8 Å². The lowest BCUT2D eigenvalue weighted by molar-refractivity contribution is -0.121. The van der Waals surface area contributed by atoms with Gasteiger partial charge in [-0.05, 0) is 38.1 Å². The quantitative estimate of drug-likeness (QED) is 0.802. The lowest BCUT2D eigenvalue weighted by Crippen LogP contribution is -2.22. The molecule has 1 heterocycles. The molecule has 0 bridgehead atoms. The lowest BCUT2D eigenvalue weighted by Gasteiger charge is -2.05. The number of hydrogen-bond donors (Lipinski definition) is 2. The zero-order valence-corrected chi connectivity index (χ0v) is 14.8. The molecular weight excluding hydrogens is 332 g/mol. The van der Waals surface area contributed by atoms with Gasteiger partial charge in [-0.2, -0.15) is 0 Å². The average Bonchev–Trinajstić information content (AvgIpc) is 3.01. The van der Waals surface area contributed by atoms with E-state index in [1.54, 1.807) is 12.1 Å². The largest absolute Gasteiger partial charge is 0.351 e. The molecular formula is C16H20N2O3S2. The molecule has 0 saturated carbocycles. The van der Waals surface area contributed by atoms with Gasteiger partial charge in [-0.3, -0.25) is 4.79 Å². The van der Waals surface area contributed by atoms with E-state index in [9.17, 15) is 13.2 Å². The molecule has 23 heavy (non-hydrogen) atoms. The van der Waals surface area contributed by atoms with Crippen LogP contribution in [0.2, 0.25) is 0 Å². The standard InChI is InChI=1S/C16H20N2O3S2/c1-12-4-3-5-13(10-12)6-8-15(19)18-11-14-7-9-16(22-14)23(20,21)17-2/h3-5,7,9-10,17H,6,8,11H2,1-2H3,(H,18,19). The molecule has 0 atom stereocenters.